The van der Waals surface area contributed by atoms with Crippen molar-refractivity contribution in [1.29, 1.82) is 0 Å². The first-order valence-corrected chi connectivity index (χ1v) is 6.53. The van der Waals surface area contributed by atoms with Crippen LogP contribution in [0.4, 0.5) is 10.3 Å². The fourth-order valence-corrected chi connectivity index (χ4v) is 2.27. The molecule has 6 heteroatoms. The second-order valence-corrected chi connectivity index (χ2v) is 4.93. The van der Waals surface area contributed by atoms with Gasteiger partial charge in [0.15, 0.2) is 5.65 Å². The van der Waals surface area contributed by atoms with E-state index in [9.17, 15) is 4.39 Å². The zero-order valence-corrected chi connectivity index (χ0v) is 11.3. The summed E-state index contributed by atoms with van der Waals surface area (Å²) in [7, 11) is 0. The van der Waals surface area contributed by atoms with Crippen LogP contribution in [0.3, 0.4) is 0 Å². The highest BCUT2D eigenvalue weighted by atomic mass is 35.5. The average molecular weight is 291 g/mol. The predicted octanol–water partition coefficient (Wildman–Crippen LogP) is 3.05. The highest BCUT2D eigenvalue weighted by molar-refractivity contribution is 6.31. The van der Waals surface area contributed by atoms with Crippen LogP contribution < -0.4 is 5.73 Å². The van der Waals surface area contributed by atoms with Crippen LogP contribution in [-0.4, -0.2) is 14.5 Å². The summed E-state index contributed by atoms with van der Waals surface area (Å²) in [5.74, 6) is 0.162. The van der Waals surface area contributed by atoms with E-state index in [-0.39, 0.29) is 5.82 Å². The van der Waals surface area contributed by atoms with E-state index in [2.05, 4.69) is 9.97 Å². The standard InChI is InChI=1S/C14H12ClFN4/c15-10-7-12-13(18-8-10)20(14(17)19-12)6-5-9-1-3-11(16)4-2-9/h1-4,7-8H,5-6H2,(H2,17,19). The van der Waals surface area contributed by atoms with Crippen molar-refractivity contribution in [3.05, 3.63) is 52.9 Å². The number of hydrogen-bond acceptors (Lipinski definition) is 3. The van der Waals surface area contributed by atoms with E-state index < -0.39 is 0 Å². The molecule has 20 heavy (non-hydrogen) atoms. The Balaban J connectivity index is 1.87. The topological polar surface area (TPSA) is 56.7 Å². The van der Waals surface area contributed by atoms with Crippen molar-refractivity contribution in [2.45, 2.75) is 13.0 Å². The first-order chi connectivity index (χ1) is 9.63. The van der Waals surface area contributed by atoms with Crippen LogP contribution in [0.15, 0.2) is 36.5 Å². The largest absolute Gasteiger partial charge is 0.369 e. The number of aryl methyl sites for hydroxylation is 2. The van der Waals surface area contributed by atoms with E-state index in [1.165, 1.54) is 12.1 Å². The van der Waals surface area contributed by atoms with E-state index in [0.29, 0.717) is 28.7 Å². The van der Waals surface area contributed by atoms with Gasteiger partial charge in [0.25, 0.3) is 0 Å². The molecular formula is C14H12ClFN4. The number of benzene rings is 1. The Morgan fingerprint density at radius 2 is 2.00 bits per heavy atom. The van der Waals surface area contributed by atoms with Crippen molar-refractivity contribution in [2.24, 2.45) is 0 Å². The number of halogens is 2. The van der Waals surface area contributed by atoms with Crippen LogP contribution in [0.2, 0.25) is 5.02 Å². The minimum Gasteiger partial charge on any atom is -0.369 e. The second kappa shape index (κ2) is 5.09. The number of nitrogens with zero attached hydrogens (tertiary/aromatic N) is 3. The van der Waals surface area contributed by atoms with Gasteiger partial charge in [-0.15, -0.1) is 0 Å². The molecule has 0 saturated carbocycles. The maximum absolute atomic E-state index is 12.9. The molecule has 0 unspecified atom stereocenters. The van der Waals surface area contributed by atoms with Gasteiger partial charge in [-0.25, -0.2) is 14.4 Å². The fourth-order valence-electron chi connectivity index (χ4n) is 2.12. The summed E-state index contributed by atoms with van der Waals surface area (Å²) in [5.41, 5.74) is 8.31. The lowest BCUT2D eigenvalue weighted by atomic mass is 10.1. The molecule has 0 aliphatic carbocycles. The molecule has 2 heterocycles. The molecule has 3 rings (SSSR count). The number of nitrogens with two attached hydrogens (primary N) is 1. The number of fused-ring (bicyclic) bond motifs is 1. The molecule has 1 aromatic carbocycles. The summed E-state index contributed by atoms with van der Waals surface area (Å²) in [5, 5.41) is 0.528. The van der Waals surface area contributed by atoms with Crippen LogP contribution in [0, 0.1) is 5.82 Å². The Labute approximate surface area is 120 Å². The van der Waals surface area contributed by atoms with E-state index >= 15 is 0 Å². The molecule has 2 N–H and O–H groups in total. The average Bonchev–Trinajstić information content (AvgIpc) is 2.73. The molecule has 0 atom stereocenters. The third-order valence-corrected chi connectivity index (χ3v) is 3.33. The molecule has 0 radical (unpaired) electrons. The third-order valence-electron chi connectivity index (χ3n) is 3.12. The predicted molar refractivity (Wildman–Crippen MR) is 77.1 cm³/mol. The number of rotatable bonds is 3. The van der Waals surface area contributed by atoms with Gasteiger partial charge in [0.2, 0.25) is 5.95 Å². The normalized spacial score (nSPS) is 11.1. The van der Waals surface area contributed by atoms with Gasteiger partial charge < -0.3 is 5.73 Å². The molecule has 4 nitrogen and oxygen atoms in total. The van der Waals surface area contributed by atoms with E-state index in [1.54, 1.807) is 24.4 Å². The SMILES string of the molecule is Nc1nc2cc(Cl)cnc2n1CCc1ccc(F)cc1. The Morgan fingerprint density at radius 3 is 2.75 bits per heavy atom. The Hall–Kier alpha value is -2.14. The lowest BCUT2D eigenvalue weighted by Gasteiger charge is -2.06. The summed E-state index contributed by atoms with van der Waals surface area (Å²) < 4.78 is 14.7. The Morgan fingerprint density at radius 1 is 1.25 bits per heavy atom. The van der Waals surface area contributed by atoms with Crippen molar-refractivity contribution < 1.29 is 4.39 Å². The van der Waals surface area contributed by atoms with Crippen LogP contribution in [0.5, 0.6) is 0 Å². The summed E-state index contributed by atoms with van der Waals surface area (Å²) in [4.78, 5) is 8.49. The number of nitrogen functional groups attached to an aromatic ring is 1. The summed E-state index contributed by atoms with van der Waals surface area (Å²) in [6.45, 7) is 0.628. The van der Waals surface area contributed by atoms with Gasteiger partial charge in [-0.3, -0.25) is 4.57 Å². The van der Waals surface area contributed by atoms with Crippen LogP contribution >= 0.6 is 11.6 Å². The zero-order chi connectivity index (χ0) is 14.1. The smallest absolute Gasteiger partial charge is 0.202 e. The molecule has 0 saturated heterocycles. The molecule has 0 aliphatic rings. The summed E-state index contributed by atoms with van der Waals surface area (Å²) in [6, 6.07) is 8.14. The molecule has 0 bridgehead atoms. The van der Waals surface area contributed by atoms with Crippen molar-refractivity contribution in [3.63, 3.8) is 0 Å². The number of pyridine rings is 1. The number of anilines is 1. The van der Waals surface area contributed by atoms with Crippen LogP contribution in [0.1, 0.15) is 5.56 Å². The van der Waals surface area contributed by atoms with Crippen LogP contribution in [0.25, 0.3) is 11.2 Å². The van der Waals surface area contributed by atoms with E-state index in [0.717, 1.165) is 12.0 Å². The summed E-state index contributed by atoms with van der Waals surface area (Å²) >= 11 is 5.88. The van der Waals surface area contributed by atoms with Gasteiger partial charge in [0, 0.05) is 12.7 Å². The van der Waals surface area contributed by atoms with Crippen molar-refractivity contribution in [2.75, 3.05) is 5.73 Å². The second-order valence-electron chi connectivity index (χ2n) is 4.49. The third kappa shape index (κ3) is 2.44. The monoisotopic (exact) mass is 290 g/mol. The van der Waals surface area contributed by atoms with Gasteiger partial charge in [0.1, 0.15) is 11.3 Å². The zero-order valence-electron chi connectivity index (χ0n) is 10.6. The molecule has 3 aromatic rings. The fraction of sp³-hybridized carbons (Fsp3) is 0.143. The highest BCUT2D eigenvalue weighted by Gasteiger charge is 2.09. The molecular weight excluding hydrogens is 279 g/mol. The Kier molecular flexibility index (Phi) is 3.28. The maximum atomic E-state index is 12.9. The van der Waals surface area contributed by atoms with Gasteiger partial charge in [-0.05, 0) is 30.2 Å². The molecule has 102 valence electrons. The van der Waals surface area contributed by atoms with Crippen molar-refractivity contribution in [3.8, 4) is 0 Å². The van der Waals surface area contributed by atoms with E-state index in [1.807, 2.05) is 4.57 Å². The van der Waals surface area contributed by atoms with Gasteiger partial charge in [-0.1, -0.05) is 23.7 Å². The first-order valence-electron chi connectivity index (χ1n) is 6.15. The lowest BCUT2D eigenvalue weighted by molar-refractivity contribution is 0.626. The Bertz CT molecular complexity index is 752. The van der Waals surface area contributed by atoms with E-state index in [4.69, 9.17) is 17.3 Å². The minimum absolute atomic E-state index is 0.238. The lowest BCUT2D eigenvalue weighted by Crippen LogP contribution is -2.06. The molecule has 0 aliphatic heterocycles. The van der Waals surface area contributed by atoms with Crippen molar-refractivity contribution >= 4 is 28.7 Å². The number of aromatic nitrogens is 3. The van der Waals surface area contributed by atoms with Gasteiger partial charge in [0.05, 0.1) is 5.02 Å². The first kappa shape index (κ1) is 12.9. The van der Waals surface area contributed by atoms with Crippen LogP contribution in [-0.2, 0) is 13.0 Å². The quantitative estimate of drug-likeness (QED) is 0.806. The number of hydrogen-bond donors (Lipinski definition) is 1. The number of imidazole rings is 1. The maximum Gasteiger partial charge on any atom is 0.202 e. The van der Waals surface area contributed by atoms with Crippen molar-refractivity contribution in [1.82, 2.24) is 14.5 Å². The van der Waals surface area contributed by atoms with Gasteiger partial charge in [-0.2, -0.15) is 0 Å². The molecule has 0 amide bonds. The van der Waals surface area contributed by atoms with Gasteiger partial charge >= 0.3 is 0 Å². The molecule has 0 fully saturated rings. The summed E-state index contributed by atoms with van der Waals surface area (Å²) in [6.07, 6.45) is 2.29. The highest BCUT2D eigenvalue weighted by Crippen LogP contribution is 2.19. The molecule has 2 aromatic heterocycles. The minimum atomic E-state index is -0.238. The molecule has 0 spiro atoms.